The maximum absolute atomic E-state index is 14.4. The lowest BCUT2D eigenvalue weighted by Gasteiger charge is -2.39. The van der Waals surface area contributed by atoms with Gasteiger partial charge >= 0.3 is 0 Å². The van der Waals surface area contributed by atoms with Crippen LogP contribution >= 0.6 is 0 Å². The van der Waals surface area contributed by atoms with E-state index in [0.29, 0.717) is 26.1 Å². The maximum Gasteiger partial charge on any atom is 0.247 e. The Morgan fingerprint density at radius 1 is 0.756 bits per heavy atom. The number of hydrogen-bond acceptors (Lipinski definition) is 4. The molecule has 4 aromatic rings. The van der Waals surface area contributed by atoms with Gasteiger partial charge in [-0.25, -0.2) is 0 Å². The lowest BCUT2D eigenvalue weighted by Crippen LogP contribution is -2.56. The zero-order valence-electron chi connectivity index (χ0n) is 26.3. The molecule has 1 aliphatic rings. The molecular formula is C39H43N3O3. The van der Waals surface area contributed by atoms with Crippen LogP contribution in [-0.2, 0) is 35.5 Å². The fourth-order valence-corrected chi connectivity index (χ4v) is 5.74. The molecule has 6 nitrogen and oxygen atoms in total. The van der Waals surface area contributed by atoms with Gasteiger partial charge in [0.1, 0.15) is 11.8 Å². The fourth-order valence-electron chi connectivity index (χ4n) is 5.74. The Kier molecular flexibility index (Phi) is 11.2. The molecule has 1 fully saturated rings. The minimum Gasteiger partial charge on any atom is -0.497 e. The Balaban J connectivity index is 1.40. The second-order valence-corrected chi connectivity index (χ2v) is 11.5. The van der Waals surface area contributed by atoms with E-state index in [1.165, 1.54) is 11.1 Å². The average Bonchev–Trinajstić information content (AvgIpc) is 3.10. The molecular weight excluding hydrogens is 558 g/mol. The summed E-state index contributed by atoms with van der Waals surface area (Å²) < 4.78 is 5.28. The third kappa shape index (κ3) is 8.93. The molecule has 0 spiro atoms. The molecule has 2 amide bonds. The third-order valence-electron chi connectivity index (χ3n) is 8.47. The number of amides is 2. The number of piperazine rings is 1. The van der Waals surface area contributed by atoms with Crippen LogP contribution in [0.4, 0.5) is 0 Å². The van der Waals surface area contributed by atoms with Crippen LogP contribution in [0.2, 0.25) is 0 Å². The molecule has 1 aliphatic heterocycles. The molecule has 0 aromatic heterocycles. The molecule has 45 heavy (non-hydrogen) atoms. The van der Waals surface area contributed by atoms with Crippen molar-refractivity contribution in [1.29, 1.82) is 0 Å². The summed E-state index contributed by atoms with van der Waals surface area (Å²) in [6, 6.07) is 35.7. The number of hydrogen-bond donors (Lipinski definition) is 0. The van der Waals surface area contributed by atoms with E-state index in [4.69, 9.17) is 4.74 Å². The van der Waals surface area contributed by atoms with Gasteiger partial charge in [-0.3, -0.25) is 14.5 Å². The van der Waals surface area contributed by atoms with E-state index in [1.807, 2.05) is 65.6 Å². The number of aryl methyl sites for hydroxylation is 1. The summed E-state index contributed by atoms with van der Waals surface area (Å²) in [7, 11) is 1.63. The highest BCUT2D eigenvalue weighted by Crippen LogP contribution is 2.20. The predicted molar refractivity (Wildman–Crippen MR) is 181 cm³/mol. The van der Waals surface area contributed by atoms with Crippen molar-refractivity contribution in [3.05, 3.63) is 143 Å². The summed E-state index contributed by atoms with van der Waals surface area (Å²) in [6.07, 6.45) is 4.78. The van der Waals surface area contributed by atoms with Crippen molar-refractivity contribution in [2.24, 2.45) is 0 Å². The number of carbonyl (C=O) groups is 2. The van der Waals surface area contributed by atoms with E-state index in [-0.39, 0.29) is 11.8 Å². The van der Waals surface area contributed by atoms with Gasteiger partial charge in [0.05, 0.1) is 7.11 Å². The smallest absolute Gasteiger partial charge is 0.247 e. The number of nitrogens with zero attached hydrogens (tertiary/aromatic N) is 3. The molecule has 5 rings (SSSR count). The van der Waals surface area contributed by atoms with Gasteiger partial charge in [0, 0.05) is 51.8 Å². The third-order valence-corrected chi connectivity index (χ3v) is 8.47. The summed E-state index contributed by atoms with van der Waals surface area (Å²) in [4.78, 5) is 34.6. The molecule has 1 atom stereocenters. The summed E-state index contributed by atoms with van der Waals surface area (Å²) in [5.74, 6) is 0.560. The van der Waals surface area contributed by atoms with Crippen LogP contribution < -0.4 is 4.74 Å². The van der Waals surface area contributed by atoms with Crippen LogP contribution in [-0.4, -0.2) is 65.8 Å². The van der Waals surface area contributed by atoms with Gasteiger partial charge in [0.15, 0.2) is 0 Å². The molecule has 0 aliphatic carbocycles. The number of rotatable bonds is 12. The number of carbonyl (C=O) groups excluding carboxylic acids is 2. The number of benzene rings is 4. The Morgan fingerprint density at radius 2 is 1.36 bits per heavy atom. The molecule has 0 bridgehead atoms. The van der Waals surface area contributed by atoms with Gasteiger partial charge in [-0.1, -0.05) is 104 Å². The summed E-state index contributed by atoms with van der Waals surface area (Å²) in [5, 5.41) is 0. The lowest BCUT2D eigenvalue weighted by molar-refractivity contribution is -0.145. The largest absolute Gasteiger partial charge is 0.497 e. The van der Waals surface area contributed by atoms with Crippen molar-refractivity contribution in [3.63, 3.8) is 0 Å². The maximum atomic E-state index is 14.4. The van der Waals surface area contributed by atoms with E-state index >= 15 is 0 Å². The second-order valence-electron chi connectivity index (χ2n) is 11.5. The predicted octanol–water partition coefficient (Wildman–Crippen LogP) is 6.26. The Bertz CT molecular complexity index is 1530. The highest BCUT2D eigenvalue weighted by Gasteiger charge is 2.34. The molecule has 232 valence electrons. The first kappa shape index (κ1) is 31.7. The van der Waals surface area contributed by atoms with Gasteiger partial charge in [0.25, 0.3) is 0 Å². The molecule has 4 aromatic carbocycles. The van der Waals surface area contributed by atoms with Crippen LogP contribution in [0.1, 0.15) is 34.7 Å². The van der Waals surface area contributed by atoms with Gasteiger partial charge in [-0.05, 0) is 52.4 Å². The zero-order valence-corrected chi connectivity index (χ0v) is 26.3. The first-order valence-corrected chi connectivity index (χ1v) is 15.8. The molecule has 0 N–H and O–H groups in total. The molecule has 1 saturated heterocycles. The van der Waals surface area contributed by atoms with E-state index in [2.05, 4.69) is 60.4 Å². The first-order chi connectivity index (χ1) is 22.0. The van der Waals surface area contributed by atoms with Crippen LogP contribution in [0.3, 0.4) is 0 Å². The van der Waals surface area contributed by atoms with Crippen LogP contribution in [0, 0.1) is 0 Å². The van der Waals surface area contributed by atoms with E-state index in [9.17, 15) is 9.59 Å². The minimum atomic E-state index is -0.646. The van der Waals surface area contributed by atoms with Crippen molar-refractivity contribution in [3.8, 4) is 5.75 Å². The van der Waals surface area contributed by atoms with Crippen molar-refractivity contribution < 1.29 is 14.3 Å². The van der Waals surface area contributed by atoms with E-state index < -0.39 is 6.04 Å². The highest BCUT2D eigenvalue weighted by molar-refractivity contribution is 5.95. The monoisotopic (exact) mass is 601 g/mol. The molecule has 6 heteroatoms. The molecule has 0 saturated carbocycles. The van der Waals surface area contributed by atoms with Crippen molar-refractivity contribution in [1.82, 2.24) is 14.7 Å². The average molecular weight is 602 g/mol. The van der Waals surface area contributed by atoms with Gasteiger partial charge in [-0.15, -0.1) is 0 Å². The van der Waals surface area contributed by atoms with Crippen LogP contribution in [0.25, 0.3) is 6.08 Å². The van der Waals surface area contributed by atoms with Gasteiger partial charge < -0.3 is 14.5 Å². The normalized spacial score (nSPS) is 14.3. The molecule has 1 heterocycles. The number of ether oxygens (including phenoxy) is 1. The Hall–Kier alpha value is -4.68. The minimum absolute atomic E-state index is 0.00501. The SMILES string of the molecule is CCc1ccc(CN(C(=O)C=Cc2ccc(OC)cc2)C(Cc2ccccc2)C(=O)N2CCN(Cc3ccccc3)CC2)cc1. The molecule has 1 unspecified atom stereocenters. The second kappa shape index (κ2) is 15.9. The summed E-state index contributed by atoms with van der Waals surface area (Å²) in [5.41, 5.74) is 5.42. The standard InChI is InChI=1S/C39H43N3O3/c1-3-31-14-16-35(17-15-31)30-42(38(43)23-20-32-18-21-36(45-2)22-19-32)37(28-33-10-6-4-7-11-33)39(44)41-26-24-40(25-27-41)29-34-12-8-5-9-13-34/h4-23,37H,3,24-30H2,1-2H3. The zero-order chi connectivity index (χ0) is 31.4. The Labute approximate surface area is 267 Å². The van der Waals surface area contributed by atoms with Crippen molar-refractivity contribution >= 4 is 17.9 Å². The highest BCUT2D eigenvalue weighted by atomic mass is 16.5. The van der Waals surface area contributed by atoms with Crippen molar-refractivity contribution in [2.45, 2.75) is 38.9 Å². The van der Waals surface area contributed by atoms with Gasteiger partial charge in [-0.2, -0.15) is 0 Å². The van der Waals surface area contributed by atoms with E-state index in [0.717, 1.165) is 48.5 Å². The summed E-state index contributed by atoms with van der Waals surface area (Å²) in [6.45, 7) is 6.18. The van der Waals surface area contributed by atoms with Crippen LogP contribution in [0.5, 0.6) is 5.75 Å². The number of methoxy groups -OCH3 is 1. The first-order valence-electron chi connectivity index (χ1n) is 15.8. The quantitative estimate of drug-likeness (QED) is 0.180. The topological polar surface area (TPSA) is 53.1 Å². The Morgan fingerprint density at radius 3 is 1.96 bits per heavy atom. The van der Waals surface area contributed by atoms with Gasteiger partial charge in [0.2, 0.25) is 11.8 Å². The fraction of sp³-hybridized carbons (Fsp3) is 0.282. The summed E-state index contributed by atoms with van der Waals surface area (Å²) >= 11 is 0. The van der Waals surface area contributed by atoms with Crippen molar-refractivity contribution in [2.75, 3.05) is 33.3 Å². The molecule has 0 radical (unpaired) electrons. The van der Waals surface area contributed by atoms with Crippen LogP contribution in [0.15, 0.2) is 115 Å². The van der Waals surface area contributed by atoms with E-state index in [1.54, 1.807) is 24.2 Å². The lowest BCUT2D eigenvalue weighted by atomic mass is 10.0.